The molecule has 3 atom stereocenters. The molecule has 15 heavy (non-hydrogen) atoms. The van der Waals surface area contributed by atoms with Crippen LogP contribution in [-0.4, -0.2) is 30.9 Å². The lowest BCUT2D eigenvalue weighted by Crippen LogP contribution is -2.33. The van der Waals surface area contributed by atoms with Gasteiger partial charge in [-0.25, -0.2) is 0 Å². The van der Waals surface area contributed by atoms with Crippen molar-refractivity contribution < 1.29 is 4.79 Å². The van der Waals surface area contributed by atoms with Crippen LogP contribution in [0.4, 0.5) is 0 Å². The van der Waals surface area contributed by atoms with Crippen LogP contribution in [0.15, 0.2) is 0 Å². The molecular weight excluding hydrogens is 188 g/mol. The number of hydrogen-bond donors (Lipinski definition) is 1. The Labute approximate surface area is 93.0 Å². The van der Waals surface area contributed by atoms with E-state index in [4.69, 9.17) is 5.73 Å². The molecule has 1 fully saturated rings. The third-order valence-electron chi connectivity index (χ3n) is 3.42. The van der Waals surface area contributed by atoms with E-state index in [1.807, 2.05) is 18.9 Å². The highest BCUT2D eigenvalue weighted by atomic mass is 16.2. The van der Waals surface area contributed by atoms with E-state index in [1.165, 1.54) is 6.42 Å². The molecule has 1 rings (SSSR count). The van der Waals surface area contributed by atoms with E-state index in [-0.39, 0.29) is 11.8 Å². The summed E-state index contributed by atoms with van der Waals surface area (Å²) in [6, 6.07) is 0. The first-order valence-corrected chi connectivity index (χ1v) is 6.01. The van der Waals surface area contributed by atoms with Crippen molar-refractivity contribution in [2.24, 2.45) is 23.5 Å². The molecule has 0 aliphatic heterocycles. The highest BCUT2D eigenvalue weighted by molar-refractivity contribution is 5.78. The highest BCUT2D eigenvalue weighted by Crippen LogP contribution is 2.38. The summed E-state index contributed by atoms with van der Waals surface area (Å²) in [6.07, 6.45) is 3.15. The summed E-state index contributed by atoms with van der Waals surface area (Å²) < 4.78 is 0. The van der Waals surface area contributed by atoms with E-state index in [2.05, 4.69) is 6.92 Å². The number of nitrogens with two attached hydrogens (primary N) is 1. The van der Waals surface area contributed by atoms with Gasteiger partial charge in [0.2, 0.25) is 5.91 Å². The molecule has 1 aliphatic rings. The summed E-state index contributed by atoms with van der Waals surface area (Å²) in [5.41, 5.74) is 5.44. The highest BCUT2D eigenvalue weighted by Gasteiger charge is 2.34. The molecule has 0 aromatic heterocycles. The van der Waals surface area contributed by atoms with Gasteiger partial charge in [-0.15, -0.1) is 0 Å². The maximum Gasteiger partial charge on any atom is 0.225 e. The standard InChI is InChI=1S/C12H24N2O/c1-9(5-4-6-13)12(15)14(3)8-11-7-10(11)2/h9-11H,4-8,13H2,1-3H3. The second-order valence-electron chi connectivity index (χ2n) is 5.02. The van der Waals surface area contributed by atoms with Gasteiger partial charge in [0, 0.05) is 19.5 Å². The topological polar surface area (TPSA) is 46.3 Å². The van der Waals surface area contributed by atoms with Gasteiger partial charge in [0.05, 0.1) is 0 Å². The molecule has 1 saturated carbocycles. The summed E-state index contributed by atoms with van der Waals surface area (Å²) in [6.45, 7) is 5.87. The maximum absolute atomic E-state index is 11.9. The number of hydrogen-bond acceptors (Lipinski definition) is 2. The van der Waals surface area contributed by atoms with E-state index >= 15 is 0 Å². The van der Waals surface area contributed by atoms with Crippen LogP contribution in [0.25, 0.3) is 0 Å². The van der Waals surface area contributed by atoms with Crippen LogP contribution in [-0.2, 0) is 4.79 Å². The lowest BCUT2D eigenvalue weighted by molar-refractivity contribution is -0.134. The normalized spacial score (nSPS) is 26.1. The molecular formula is C12H24N2O. The van der Waals surface area contributed by atoms with Gasteiger partial charge in [-0.1, -0.05) is 13.8 Å². The predicted molar refractivity (Wildman–Crippen MR) is 62.4 cm³/mol. The minimum Gasteiger partial charge on any atom is -0.345 e. The number of rotatable bonds is 6. The summed E-state index contributed by atoms with van der Waals surface area (Å²) in [5, 5.41) is 0. The van der Waals surface area contributed by atoms with Crippen LogP contribution in [0.1, 0.15) is 33.1 Å². The first kappa shape index (κ1) is 12.5. The lowest BCUT2D eigenvalue weighted by Gasteiger charge is -2.21. The molecule has 0 heterocycles. The third-order valence-corrected chi connectivity index (χ3v) is 3.42. The molecule has 0 radical (unpaired) electrons. The van der Waals surface area contributed by atoms with Gasteiger partial charge in [-0.2, -0.15) is 0 Å². The molecule has 3 heteroatoms. The number of carbonyl (C=O) groups is 1. The van der Waals surface area contributed by atoms with Gasteiger partial charge in [0.15, 0.2) is 0 Å². The Balaban J connectivity index is 2.24. The maximum atomic E-state index is 11.9. The summed E-state index contributed by atoms with van der Waals surface area (Å²) in [4.78, 5) is 13.8. The molecule has 88 valence electrons. The van der Waals surface area contributed by atoms with Gasteiger partial charge in [0.25, 0.3) is 0 Å². The largest absolute Gasteiger partial charge is 0.345 e. The van der Waals surface area contributed by atoms with Crippen LogP contribution in [0, 0.1) is 17.8 Å². The Morgan fingerprint density at radius 2 is 2.20 bits per heavy atom. The van der Waals surface area contributed by atoms with Crippen molar-refractivity contribution in [3.63, 3.8) is 0 Å². The van der Waals surface area contributed by atoms with Crippen LogP contribution < -0.4 is 5.73 Å². The Morgan fingerprint density at radius 3 is 2.67 bits per heavy atom. The van der Waals surface area contributed by atoms with Crippen LogP contribution >= 0.6 is 0 Å². The van der Waals surface area contributed by atoms with Crippen molar-refractivity contribution in [2.45, 2.75) is 33.1 Å². The zero-order chi connectivity index (χ0) is 11.4. The summed E-state index contributed by atoms with van der Waals surface area (Å²) in [5.74, 6) is 1.98. The lowest BCUT2D eigenvalue weighted by atomic mass is 10.0. The molecule has 2 N–H and O–H groups in total. The molecule has 0 aromatic carbocycles. The fraction of sp³-hybridized carbons (Fsp3) is 0.917. The quantitative estimate of drug-likeness (QED) is 0.725. The SMILES string of the molecule is CC(CCCN)C(=O)N(C)CC1CC1C. The Morgan fingerprint density at radius 1 is 1.60 bits per heavy atom. The fourth-order valence-electron chi connectivity index (χ4n) is 2.02. The first-order chi connectivity index (χ1) is 7.06. The molecule has 0 aromatic rings. The second kappa shape index (κ2) is 5.50. The molecule has 1 amide bonds. The number of amides is 1. The van der Waals surface area contributed by atoms with E-state index < -0.39 is 0 Å². The van der Waals surface area contributed by atoms with Gasteiger partial charge < -0.3 is 10.6 Å². The molecule has 0 spiro atoms. The van der Waals surface area contributed by atoms with Crippen LogP contribution in [0.3, 0.4) is 0 Å². The minimum atomic E-state index is 0.132. The van der Waals surface area contributed by atoms with Crippen molar-refractivity contribution >= 4 is 5.91 Å². The van der Waals surface area contributed by atoms with Gasteiger partial charge in [-0.05, 0) is 37.6 Å². The number of nitrogens with zero attached hydrogens (tertiary/aromatic N) is 1. The zero-order valence-electron chi connectivity index (χ0n) is 10.2. The second-order valence-corrected chi connectivity index (χ2v) is 5.02. The average Bonchev–Trinajstić information content (AvgIpc) is 2.89. The zero-order valence-corrected chi connectivity index (χ0v) is 10.2. The van der Waals surface area contributed by atoms with E-state index in [9.17, 15) is 4.79 Å². The molecule has 0 saturated heterocycles. The monoisotopic (exact) mass is 212 g/mol. The fourth-order valence-corrected chi connectivity index (χ4v) is 2.02. The number of carbonyl (C=O) groups excluding carboxylic acids is 1. The Bertz CT molecular complexity index is 218. The molecule has 3 nitrogen and oxygen atoms in total. The first-order valence-electron chi connectivity index (χ1n) is 6.01. The third kappa shape index (κ3) is 3.82. The predicted octanol–water partition coefficient (Wildman–Crippen LogP) is 1.48. The minimum absolute atomic E-state index is 0.132. The van der Waals surface area contributed by atoms with Crippen molar-refractivity contribution in [1.82, 2.24) is 4.90 Å². The van der Waals surface area contributed by atoms with E-state index in [0.29, 0.717) is 6.54 Å². The van der Waals surface area contributed by atoms with Gasteiger partial charge in [-0.3, -0.25) is 4.79 Å². The van der Waals surface area contributed by atoms with E-state index in [1.54, 1.807) is 0 Å². The van der Waals surface area contributed by atoms with Crippen molar-refractivity contribution in [1.29, 1.82) is 0 Å². The Hall–Kier alpha value is -0.570. The van der Waals surface area contributed by atoms with Crippen molar-refractivity contribution in [3.05, 3.63) is 0 Å². The smallest absolute Gasteiger partial charge is 0.225 e. The molecule has 3 unspecified atom stereocenters. The van der Waals surface area contributed by atoms with Crippen molar-refractivity contribution in [3.8, 4) is 0 Å². The van der Waals surface area contributed by atoms with Crippen molar-refractivity contribution in [2.75, 3.05) is 20.1 Å². The molecule has 1 aliphatic carbocycles. The van der Waals surface area contributed by atoms with Gasteiger partial charge >= 0.3 is 0 Å². The molecule has 0 bridgehead atoms. The van der Waals surface area contributed by atoms with Crippen LogP contribution in [0.5, 0.6) is 0 Å². The summed E-state index contributed by atoms with van der Waals surface area (Å²) >= 11 is 0. The van der Waals surface area contributed by atoms with E-state index in [0.717, 1.165) is 31.2 Å². The van der Waals surface area contributed by atoms with Gasteiger partial charge in [0.1, 0.15) is 0 Å². The summed E-state index contributed by atoms with van der Waals surface area (Å²) in [7, 11) is 1.92. The average molecular weight is 212 g/mol. The van der Waals surface area contributed by atoms with Crippen LogP contribution in [0.2, 0.25) is 0 Å². The Kier molecular flexibility index (Phi) is 4.58.